The summed E-state index contributed by atoms with van der Waals surface area (Å²) in [6.07, 6.45) is 0. The summed E-state index contributed by atoms with van der Waals surface area (Å²) < 4.78 is 36.9. The van der Waals surface area contributed by atoms with Crippen LogP contribution in [0.25, 0.3) is 0 Å². The van der Waals surface area contributed by atoms with Crippen molar-refractivity contribution in [2.24, 2.45) is 0 Å². The molecule has 0 saturated carbocycles. The quantitative estimate of drug-likeness (QED) is 0.878. The van der Waals surface area contributed by atoms with E-state index in [9.17, 15) is 8.42 Å². The van der Waals surface area contributed by atoms with Crippen molar-refractivity contribution in [3.05, 3.63) is 30.0 Å². The van der Waals surface area contributed by atoms with Gasteiger partial charge in [0.15, 0.2) is 16.5 Å². The first-order valence-corrected chi connectivity index (χ1v) is 8.98. The first-order valence-electron chi connectivity index (χ1n) is 7.54. The minimum Gasteiger partial charge on any atom is -0.497 e. The predicted molar refractivity (Wildman–Crippen MR) is 89.6 cm³/mol. The maximum atomic E-state index is 12.7. The molecule has 8 nitrogen and oxygen atoms in total. The van der Waals surface area contributed by atoms with Crippen LogP contribution >= 0.6 is 0 Å². The number of benzene rings is 1. The van der Waals surface area contributed by atoms with E-state index in [1.807, 2.05) is 24.3 Å². The molecule has 9 heteroatoms. The second-order valence-corrected chi connectivity index (χ2v) is 7.42. The van der Waals surface area contributed by atoms with Crippen LogP contribution in [0.15, 0.2) is 33.7 Å². The van der Waals surface area contributed by atoms with Crippen LogP contribution in [-0.4, -0.2) is 51.2 Å². The van der Waals surface area contributed by atoms with Crippen molar-refractivity contribution >= 4 is 21.5 Å². The van der Waals surface area contributed by atoms with Gasteiger partial charge in [-0.3, -0.25) is 0 Å². The Morgan fingerprint density at radius 1 is 1.17 bits per heavy atom. The lowest BCUT2D eigenvalue weighted by Gasteiger charge is -2.35. The Bertz CT molecular complexity index is 789. The van der Waals surface area contributed by atoms with E-state index >= 15 is 0 Å². The highest BCUT2D eigenvalue weighted by atomic mass is 32.2. The molecule has 1 aromatic heterocycles. The van der Waals surface area contributed by atoms with E-state index in [1.54, 1.807) is 14.0 Å². The molecule has 1 aliphatic heterocycles. The fourth-order valence-corrected chi connectivity index (χ4v) is 4.41. The van der Waals surface area contributed by atoms with Gasteiger partial charge in [0, 0.05) is 31.9 Å². The van der Waals surface area contributed by atoms with E-state index in [1.165, 1.54) is 4.31 Å². The number of methoxy groups -OCH3 is 1. The number of sulfonamides is 1. The van der Waals surface area contributed by atoms with Gasteiger partial charge in [-0.05, 0) is 31.2 Å². The van der Waals surface area contributed by atoms with Crippen molar-refractivity contribution in [1.29, 1.82) is 0 Å². The van der Waals surface area contributed by atoms with E-state index in [4.69, 9.17) is 15.0 Å². The molecule has 0 radical (unpaired) electrons. The summed E-state index contributed by atoms with van der Waals surface area (Å²) in [6, 6.07) is 7.70. The Morgan fingerprint density at radius 2 is 1.79 bits per heavy atom. The largest absolute Gasteiger partial charge is 0.497 e. The zero-order chi connectivity index (χ0) is 17.3. The molecular formula is C15H20N4O4S. The smallest absolute Gasteiger partial charge is 0.250 e. The molecule has 0 spiro atoms. The van der Waals surface area contributed by atoms with Crippen LogP contribution in [0, 0.1) is 6.92 Å². The average Bonchev–Trinajstić information content (AvgIpc) is 2.94. The van der Waals surface area contributed by atoms with Gasteiger partial charge in [-0.25, -0.2) is 8.42 Å². The van der Waals surface area contributed by atoms with Gasteiger partial charge in [-0.15, -0.1) is 0 Å². The molecule has 1 aromatic carbocycles. The molecule has 0 unspecified atom stereocenters. The van der Waals surface area contributed by atoms with Gasteiger partial charge in [0.2, 0.25) is 10.0 Å². The molecule has 3 rings (SSSR count). The third-order valence-electron chi connectivity index (χ3n) is 4.11. The minimum atomic E-state index is -3.69. The lowest BCUT2D eigenvalue weighted by Crippen LogP contribution is -2.48. The predicted octanol–water partition coefficient (Wildman–Crippen LogP) is 1.08. The Labute approximate surface area is 140 Å². The van der Waals surface area contributed by atoms with Gasteiger partial charge in [0.1, 0.15) is 5.75 Å². The maximum Gasteiger partial charge on any atom is 0.250 e. The SMILES string of the molecule is COc1ccc(N2CCN(S(=O)(=O)c3c(N)noc3C)CC2)cc1. The van der Waals surface area contributed by atoms with Gasteiger partial charge in [-0.2, -0.15) is 4.31 Å². The summed E-state index contributed by atoms with van der Waals surface area (Å²) >= 11 is 0. The lowest BCUT2D eigenvalue weighted by molar-refractivity contribution is 0.379. The number of nitrogens with zero attached hydrogens (tertiary/aromatic N) is 3. The molecule has 0 bridgehead atoms. The molecule has 0 atom stereocenters. The van der Waals surface area contributed by atoms with Crippen molar-refractivity contribution in [3.8, 4) is 5.75 Å². The van der Waals surface area contributed by atoms with Crippen LogP contribution in [0.5, 0.6) is 5.75 Å². The van der Waals surface area contributed by atoms with Crippen molar-refractivity contribution < 1.29 is 17.7 Å². The third kappa shape index (κ3) is 2.92. The van der Waals surface area contributed by atoms with Crippen molar-refractivity contribution in [2.75, 3.05) is 43.9 Å². The van der Waals surface area contributed by atoms with Gasteiger partial charge in [0.25, 0.3) is 0 Å². The normalized spacial score (nSPS) is 16.3. The molecule has 2 heterocycles. The van der Waals surface area contributed by atoms with Crippen LogP contribution in [0.4, 0.5) is 11.5 Å². The zero-order valence-electron chi connectivity index (χ0n) is 13.6. The monoisotopic (exact) mass is 352 g/mol. The zero-order valence-corrected chi connectivity index (χ0v) is 14.4. The number of nitrogen functional groups attached to an aromatic ring is 1. The number of hydrogen-bond donors (Lipinski definition) is 1. The summed E-state index contributed by atoms with van der Waals surface area (Å²) in [5.74, 6) is 0.911. The van der Waals surface area contributed by atoms with Crippen molar-refractivity contribution in [3.63, 3.8) is 0 Å². The standard InChI is InChI=1S/C15H20N4O4S/c1-11-14(15(16)17-23-11)24(20,21)19-9-7-18(8-10-19)12-3-5-13(22-2)6-4-12/h3-6H,7-10H2,1-2H3,(H2,16,17). The van der Waals surface area contributed by atoms with Crippen molar-refractivity contribution in [2.45, 2.75) is 11.8 Å². The van der Waals surface area contributed by atoms with Crippen LogP contribution < -0.4 is 15.4 Å². The van der Waals surface area contributed by atoms with Crippen LogP contribution in [0.1, 0.15) is 5.76 Å². The minimum absolute atomic E-state index is 0.0274. The molecule has 2 N–H and O–H groups in total. The fourth-order valence-electron chi connectivity index (χ4n) is 2.80. The molecule has 24 heavy (non-hydrogen) atoms. The first kappa shape index (κ1) is 16.6. The molecule has 1 saturated heterocycles. The maximum absolute atomic E-state index is 12.7. The average molecular weight is 352 g/mol. The number of anilines is 2. The van der Waals surface area contributed by atoms with Gasteiger partial charge < -0.3 is 19.9 Å². The Hall–Kier alpha value is -2.26. The molecule has 1 aliphatic rings. The van der Waals surface area contributed by atoms with Gasteiger partial charge >= 0.3 is 0 Å². The topological polar surface area (TPSA) is 102 Å². The van der Waals surface area contributed by atoms with Gasteiger partial charge in [0.05, 0.1) is 7.11 Å². The number of aromatic nitrogens is 1. The molecule has 1 fully saturated rings. The summed E-state index contributed by atoms with van der Waals surface area (Å²) in [4.78, 5) is 2.11. The van der Waals surface area contributed by atoms with Crippen LogP contribution in [-0.2, 0) is 10.0 Å². The second-order valence-electron chi connectivity index (χ2n) is 5.54. The summed E-state index contributed by atoms with van der Waals surface area (Å²) in [7, 11) is -2.07. The number of nitrogens with two attached hydrogens (primary N) is 1. The molecule has 2 aromatic rings. The Balaban J connectivity index is 1.72. The first-order chi connectivity index (χ1) is 11.4. The molecule has 0 aliphatic carbocycles. The van der Waals surface area contributed by atoms with Crippen LogP contribution in [0.3, 0.4) is 0 Å². The number of rotatable bonds is 4. The van der Waals surface area contributed by atoms with Crippen LogP contribution in [0.2, 0.25) is 0 Å². The van der Waals surface area contributed by atoms with E-state index in [-0.39, 0.29) is 16.5 Å². The highest BCUT2D eigenvalue weighted by molar-refractivity contribution is 7.89. The van der Waals surface area contributed by atoms with E-state index in [0.717, 1.165) is 11.4 Å². The van der Waals surface area contributed by atoms with Crippen molar-refractivity contribution in [1.82, 2.24) is 9.46 Å². The van der Waals surface area contributed by atoms with E-state index in [0.29, 0.717) is 26.2 Å². The van der Waals surface area contributed by atoms with E-state index in [2.05, 4.69) is 10.1 Å². The second kappa shape index (κ2) is 6.33. The van der Waals surface area contributed by atoms with Gasteiger partial charge in [-0.1, -0.05) is 5.16 Å². The Kier molecular flexibility index (Phi) is 4.37. The number of piperazine rings is 1. The highest BCUT2D eigenvalue weighted by Gasteiger charge is 2.33. The summed E-state index contributed by atoms with van der Waals surface area (Å²) in [6.45, 7) is 3.48. The lowest BCUT2D eigenvalue weighted by atomic mass is 10.2. The summed E-state index contributed by atoms with van der Waals surface area (Å²) in [5.41, 5.74) is 6.68. The highest BCUT2D eigenvalue weighted by Crippen LogP contribution is 2.27. The number of ether oxygens (including phenoxy) is 1. The molecular weight excluding hydrogens is 332 g/mol. The Morgan fingerprint density at radius 3 is 2.29 bits per heavy atom. The van der Waals surface area contributed by atoms with E-state index < -0.39 is 10.0 Å². The number of hydrogen-bond acceptors (Lipinski definition) is 7. The third-order valence-corrected chi connectivity index (χ3v) is 6.16. The molecule has 130 valence electrons. The summed E-state index contributed by atoms with van der Waals surface area (Å²) in [5, 5.41) is 3.53. The number of aryl methyl sites for hydroxylation is 1. The fraction of sp³-hybridized carbons (Fsp3) is 0.400. The molecule has 0 amide bonds.